The molecule has 1 fully saturated rings. The number of nitrogens with zero attached hydrogens (tertiary/aromatic N) is 2. The first-order valence-electron chi connectivity index (χ1n) is 8.36. The molecule has 6 heteroatoms. The van der Waals surface area contributed by atoms with Crippen LogP contribution in [0.2, 0.25) is 0 Å². The van der Waals surface area contributed by atoms with E-state index in [9.17, 15) is 9.90 Å². The molecule has 1 aliphatic heterocycles. The average molecular weight is 342 g/mol. The highest BCUT2D eigenvalue weighted by molar-refractivity contribution is 5.85. The zero-order valence-corrected chi connectivity index (χ0v) is 14.1. The molecule has 0 spiro atoms. The first-order chi connectivity index (χ1) is 12.1. The molecule has 1 atom stereocenters. The molecule has 1 saturated heterocycles. The zero-order valence-electron chi connectivity index (χ0n) is 14.1. The monoisotopic (exact) mass is 342 g/mol. The third-order valence-corrected chi connectivity index (χ3v) is 4.72. The highest BCUT2D eigenvalue weighted by Gasteiger charge is 2.27. The zero-order chi connectivity index (χ0) is 17.8. The van der Waals surface area contributed by atoms with Crippen molar-refractivity contribution in [2.45, 2.75) is 18.9 Å². The summed E-state index contributed by atoms with van der Waals surface area (Å²) in [4.78, 5) is 17.3. The normalized spacial score (nSPS) is 16.5. The van der Waals surface area contributed by atoms with Gasteiger partial charge in [0.15, 0.2) is 5.69 Å². The second kappa shape index (κ2) is 7.53. The summed E-state index contributed by atoms with van der Waals surface area (Å²) in [7, 11) is 1.62. The van der Waals surface area contributed by atoms with Gasteiger partial charge in [0.2, 0.25) is 0 Å². The van der Waals surface area contributed by atoms with Crippen LogP contribution in [0.25, 0.3) is 0 Å². The van der Waals surface area contributed by atoms with E-state index in [1.807, 2.05) is 30.3 Å². The lowest BCUT2D eigenvalue weighted by Crippen LogP contribution is -2.36. The lowest BCUT2D eigenvalue weighted by atomic mass is 9.87. The van der Waals surface area contributed by atoms with Gasteiger partial charge in [0.25, 0.3) is 0 Å². The SMILES string of the molecule is COc1ccc(C(O)C2CCN(c3cccc(C(=O)O)n3)CC2)cc1. The quantitative estimate of drug-likeness (QED) is 0.869. The van der Waals surface area contributed by atoms with Gasteiger partial charge in [-0.15, -0.1) is 0 Å². The second-order valence-corrected chi connectivity index (χ2v) is 6.23. The van der Waals surface area contributed by atoms with Gasteiger partial charge < -0.3 is 19.8 Å². The van der Waals surface area contributed by atoms with Crippen molar-refractivity contribution in [1.29, 1.82) is 0 Å². The highest BCUT2D eigenvalue weighted by atomic mass is 16.5. The van der Waals surface area contributed by atoms with E-state index in [4.69, 9.17) is 9.84 Å². The van der Waals surface area contributed by atoms with E-state index in [0.717, 1.165) is 37.2 Å². The molecule has 1 unspecified atom stereocenters. The smallest absolute Gasteiger partial charge is 0.354 e. The molecule has 1 aliphatic rings. The molecule has 0 bridgehead atoms. The number of methoxy groups -OCH3 is 1. The fourth-order valence-corrected chi connectivity index (χ4v) is 3.24. The Balaban J connectivity index is 1.63. The number of aromatic nitrogens is 1. The van der Waals surface area contributed by atoms with Crippen molar-refractivity contribution in [2.24, 2.45) is 5.92 Å². The van der Waals surface area contributed by atoms with E-state index in [0.29, 0.717) is 5.82 Å². The van der Waals surface area contributed by atoms with Gasteiger partial charge >= 0.3 is 5.97 Å². The van der Waals surface area contributed by atoms with Crippen molar-refractivity contribution < 1.29 is 19.7 Å². The van der Waals surface area contributed by atoms with Crippen LogP contribution in [0.3, 0.4) is 0 Å². The summed E-state index contributed by atoms with van der Waals surface area (Å²) in [5.41, 5.74) is 0.947. The summed E-state index contributed by atoms with van der Waals surface area (Å²) in [6.07, 6.45) is 1.14. The number of aliphatic hydroxyl groups excluding tert-OH is 1. The van der Waals surface area contributed by atoms with Crippen LogP contribution in [0, 0.1) is 5.92 Å². The van der Waals surface area contributed by atoms with E-state index in [-0.39, 0.29) is 11.6 Å². The summed E-state index contributed by atoms with van der Waals surface area (Å²) in [5.74, 6) is 0.603. The van der Waals surface area contributed by atoms with Crippen LogP contribution in [0.5, 0.6) is 5.75 Å². The van der Waals surface area contributed by atoms with Crippen LogP contribution in [-0.2, 0) is 0 Å². The van der Waals surface area contributed by atoms with Gasteiger partial charge in [0.1, 0.15) is 11.6 Å². The van der Waals surface area contributed by atoms with Gasteiger partial charge in [-0.3, -0.25) is 0 Å². The van der Waals surface area contributed by atoms with Gasteiger partial charge in [0, 0.05) is 13.1 Å². The van der Waals surface area contributed by atoms with Crippen molar-refractivity contribution in [3.05, 3.63) is 53.7 Å². The standard InChI is InChI=1S/C19H22N2O4/c1-25-15-7-5-13(6-8-15)18(22)14-9-11-21(12-10-14)17-4-2-3-16(20-17)19(23)24/h2-8,14,18,22H,9-12H2,1H3,(H,23,24). The van der Waals surface area contributed by atoms with E-state index < -0.39 is 12.1 Å². The molecule has 132 valence electrons. The van der Waals surface area contributed by atoms with Crippen LogP contribution < -0.4 is 9.64 Å². The van der Waals surface area contributed by atoms with E-state index in [2.05, 4.69) is 9.88 Å². The molecule has 0 aliphatic carbocycles. The number of aromatic carboxylic acids is 1. The van der Waals surface area contributed by atoms with Gasteiger partial charge in [-0.2, -0.15) is 0 Å². The van der Waals surface area contributed by atoms with Crippen LogP contribution in [0.1, 0.15) is 35.0 Å². The first-order valence-corrected chi connectivity index (χ1v) is 8.36. The number of carboxylic acids is 1. The fourth-order valence-electron chi connectivity index (χ4n) is 3.24. The molecular formula is C19H22N2O4. The molecule has 0 amide bonds. The number of carboxylic acid groups (broad SMARTS) is 1. The molecular weight excluding hydrogens is 320 g/mol. The Morgan fingerprint density at radius 1 is 1.20 bits per heavy atom. The number of rotatable bonds is 5. The number of aliphatic hydroxyl groups is 1. The Kier molecular flexibility index (Phi) is 5.19. The van der Waals surface area contributed by atoms with Crippen LogP contribution in [0.15, 0.2) is 42.5 Å². The number of hydrogen-bond acceptors (Lipinski definition) is 5. The first kappa shape index (κ1) is 17.2. The number of piperidine rings is 1. The Morgan fingerprint density at radius 3 is 2.48 bits per heavy atom. The van der Waals surface area contributed by atoms with Crippen molar-refractivity contribution in [3.8, 4) is 5.75 Å². The van der Waals surface area contributed by atoms with Crippen molar-refractivity contribution in [3.63, 3.8) is 0 Å². The molecule has 25 heavy (non-hydrogen) atoms. The molecule has 1 aromatic carbocycles. The summed E-state index contributed by atoms with van der Waals surface area (Å²) in [6.45, 7) is 1.49. The molecule has 1 aromatic heterocycles. The number of anilines is 1. The Bertz CT molecular complexity index is 724. The molecule has 2 aromatic rings. The predicted molar refractivity (Wildman–Crippen MR) is 94.1 cm³/mol. The van der Waals surface area contributed by atoms with Crippen molar-refractivity contribution in [1.82, 2.24) is 4.98 Å². The third kappa shape index (κ3) is 3.91. The summed E-state index contributed by atoms with van der Waals surface area (Å²) in [5, 5.41) is 19.7. The van der Waals surface area contributed by atoms with Gasteiger partial charge in [-0.1, -0.05) is 18.2 Å². The predicted octanol–water partition coefficient (Wildman–Crippen LogP) is 2.74. The molecule has 6 nitrogen and oxygen atoms in total. The summed E-state index contributed by atoms with van der Waals surface area (Å²) >= 11 is 0. The Hall–Kier alpha value is -2.60. The lowest BCUT2D eigenvalue weighted by Gasteiger charge is -2.35. The summed E-state index contributed by atoms with van der Waals surface area (Å²) < 4.78 is 5.15. The number of benzene rings is 1. The fraction of sp³-hybridized carbons (Fsp3) is 0.368. The van der Waals surface area contributed by atoms with E-state index >= 15 is 0 Å². The van der Waals surface area contributed by atoms with Crippen LogP contribution >= 0.6 is 0 Å². The number of ether oxygens (including phenoxy) is 1. The number of carbonyl (C=O) groups is 1. The van der Waals surface area contributed by atoms with Crippen LogP contribution in [0.4, 0.5) is 5.82 Å². The minimum atomic E-state index is -1.02. The Morgan fingerprint density at radius 2 is 1.88 bits per heavy atom. The topological polar surface area (TPSA) is 82.9 Å². The molecule has 0 saturated carbocycles. The minimum absolute atomic E-state index is 0.0536. The summed E-state index contributed by atoms with van der Waals surface area (Å²) in [6, 6.07) is 12.5. The highest BCUT2D eigenvalue weighted by Crippen LogP contribution is 2.32. The number of hydrogen-bond donors (Lipinski definition) is 2. The number of pyridine rings is 1. The van der Waals surface area contributed by atoms with Gasteiger partial charge in [-0.25, -0.2) is 9.78 Å². The maximum absolute atomic E-state index is 11.1. The average Bonchev–Trinajstić information content (AvgIpc) is 2.67. The van der Waals surface area contributed by atoms with Gasteiger partial charge in [-0.05, 0) is 48.6 Å². The maximum Gasteiger partial charge on any atom is 0.354 e. The van der Waals surface area contributed by atoms with E-state index in [1.54, 1.807) is 13.2 Å². The van der Waals surface area contributed by atoms with Crippen molar-refractivity contribution in [2.75, 3.05) is 25.1 Å². The second-order valence-electron chi connectivity index (χ2n) is 6.23. The lowest BCUT2D eigenvalue weighted by molar-refractivity contribution is 0.0690. The van der Waals surface area contributed by atoms with E-state index in [1.165, 1.54) is 6.07 Å². The minimum Gasteiger partial charge on any atom is -0.497 e. The van der Waals surface area contributed by atoms with Crippen LogP contribution in [-0.4, -0.2) is 41.4 Å². The molecule has 0 radical (unpaired) electrons. The molecule has 2 N–H and O–H groups in total. The van der Waals surface area contributed by atoms with Crippen molar-refractivity contribution >= 4 is 11.8 Å². The van der Waals surface area contributed by atoms with Gasteiger partial charge in [0.05, 0.1) is 13.2 Å². The maximum atomic E-state index is 11.1. The largest absolute Gasteiger partial charge is 0.497 e. The molecule has 2 heterocycles. The molecule has 3 rings (SSSR count). The Labute approximate surface area is 146 Å². The third-order valence-electron chi connectivity index (χ3n) is 4.72.